The monoisotopic (exact) mass is 514 g/mol. The van der Waals surface area contributed by atoms with Gasteiger partial charge in [0.05, 0.1) is 11.3 Å². The van der Waals surface area contributed by atoms with Crippen LogP contribution in [0.2, 0.25) is 5.15 Å². The average Bonchev–Trinajstić information content (AvgIpc) is 2.86. The number of piperazine rings is 1. The number of nitrogens with one attached hydrogen (secondary N) is 1. The van der Waals surface area contributed by atoms with Gasteiger partial charge >= 0.3 is 0 Å². The maximum Gasteiger partial charge on any atom is 0.257 e. The molecule has 35 heavy (non-hydrogen) atoms. The Kier molecular flexibility index (Phi) is 8.14. The van der Waals surface area contributed by atoms with E-state index >= 15 is 0 Å². The summed E-state index contributed by atoms with van der Waals surface area (Å²) in [6.45, 7) is 3.75. The molecule has 0 radical (unpaired) electrons. The van der Waals surface area contributed by atoms with Crippen molar-refractivity contribution in [2.75, 3.05) is 30.3 Å². The highest BCUT2D eigenvalue weighted by Gasteiger charge is 2.30. The van der Waals surface area contributed by atoms with E-state index in [4.69, 9.17) is 11.6 Å². The van der Waals surface area contributed by atoms with Crippen molar-refractivity contribution in [3.05, 3.63) is 77.0 Å². The number of carbonyl (C=O) groups is 2. The molecule has 1 aromatic carbocycles. The summed E-state index contributed by atoms with van der Waals surface area (Å²) in [5.74, 6) is -0.238. The molecule has 3 aromatic rings. The van der Waals surface area contributed by atoms with Crippen LogP contribution in [0.3, 0.4) is 0 Å². The van der Waals surface area contributed by atoms with Crippen LogP contribution < -0.4 is 10.2 Å². The highest BCUT2D eigenvalue weighted by molar-refractivity contribution is 7.99. The summed E-state index contributed by atoms with van der Waals surface area (Å²) in [5.41, 5.74) is 1.03. The first-order chi connectivity index (χ1) is 16.9. The highest BCUT2D eigenvalue weighted by atomic mass is 35.5. The van der Waals surface area contributed by atoms with Crippen molar-refractivity contribution >= 4 is 41.0 Å². The van der Waals surface area contributed by atoms with Crippen LogP contribution in [-0.4, -0.2) is 63.1 Å². The topological polar surface area (TPSA) is 91.3 Å². The van der Waals surface area contributed by atoms with Gasteiger partial charge < -0.3 is 15.1 Å². The highest BCUT2D eigenvalue weighted by Crippen LogP contribution is 2.25. The van der Waals surface area contributed by atoms with E-state index in [2.05, 4.69) is 20.3 Å². The largest absolute Gasteiger partial charge is 0.353 e. The molecule has 4 rings (SSSR count). The zero-order chi connectivity index (χ0) is 24.8. The molecule has 0 spiro atoms. The Morgan fingerprint density at radius 3 is 2.69 bits per heavy atom. The number of carbonyl (C=O) groups excluding carboxylic acids is 2. The molecule has 1 saturated heterocycles. The first kappa shape index (κ1) is 24.9. The van der Waals surface area contributed by atoms with Crippen molar-refractivity contribution in [2.45, 2.75) is 24.7 Å². The Morgan fingerprint density at radius 1 is 1.17 bits per heavy atom. The molecule has 2 aromatic heterocycles. The number of hydrogen-bond acceptors (Lipinski definition) is 7. The van der Waals surface area contributed by atoms with E-state index in [0.717, 1.165) is 5.56 Å². The fourth-order valence-electron chi connectivity index (χ4n) is 3.75. The Hall–Kier alpha value is -3.24. The van der Waals surface area contributed by atoms with Crippen LogP contribution >= 0.6 is 23.4 Å². The van der Waals surface area contributed by atoms with Crippen LogP contribution in [0.5, 0.6) is 0 Å². The predicted octanol–water partition coefficient (Wildman–Crippen LogP) is 3.42. The van der Waals surface area contributed by atoms with Crippen molar-refractivity contribution in [2.24, 2.45) is 0 Å². The maximum atomic E-state index is 14.1. The smallest absolute Gasteiger partial charge is 0.257 e. The van der Waals surface area contributed by atoms with Gasteiger partial charge in [0, 0.05) is 50.7 Å². The summed E-state index contributed by atoms with van der Waals surface area (Å²) in [4.78, 5) is 41.5. The number of aromatic nitrogens is 3. The van der Waals surface area contributed by atoms with Gasteiger partial charge in [0.2, 0.25) is 5.91 Å². The number of hydrogen-bond donors (Lipinski definition) is 1. The van der Waals surface area contributed by atoms with E-state index in [-0.39, 0.29) is 34.3 Å². The van der Waals surface area contributed by atoms with Crippen LogP contribution in [0, 0.1) is 5.82 Å². The second kappa shape index (κ2) is 11.5. The molecule has 2 amide bonds. The third kappa shape index (κ3) is 6.46. The third-order valence-electron chi connectivity index (χ3n) is 5.55. The number of amides is 2. The number of benzene rings is 1. The van der Waals surface area contributed by atoms with Crippen molar-refractivity contribution < 1.29 is 14.0 Å². The van der Waals surface area contributed by atoms with Crippen LogP contribution in [-0.2, 0) is 11.3 Å². The molecule has 1 fully saturated rings. The third-order valence-corrected chi connectivity index (χ3v) is 6.59. The molecule has 1 N–H and O–H groups in total. The lowest BCUT2D eigenvalue weighted by Crippen LogP contribution is -2.54. The van der Waals surface area contributed by atoms with Gasteiger partial charge in [-0.05, 0) is 36.8 Å². The normalized spacial score (nSPS) is 15.7. The molecule has 1 aliphatic rings. The molecular formula is C24H24ClFN6O2S. The second-order valence-electron chi connectivity index (χ2n) is 8.03. The molecule has 1 unspecified atom stereocenters. The van der Waals surface area contributed by atoms with Crippen molar-refractivity contribution in [3.63, 3.8) is 0 Å². The number of nitrogens with zero attached hydrogens (tertiary/aromatic N) is 5. The van der Waals surface area contributed by atoms with Gasteiger partial charge in [0.1, 0.15) is 16.8 Å². The summed E-state index contributed by atoms with van der Waals surface area (Å²) in [7, 11) is 0. The number of pyridine rings is 1. The summed E-state index contributed by atoms with van der Waals surface area (Å²) >= 11 is 7.43. The van der Waals surface area contributed by atoms with Crippen molar-refractivity contribution in [1.82, 2.24) is 25.2 Å². The minimum absolute atomic E-state index is 0.0683. The number of anilines is 1. The van der Waals surface area contributed by atoms with Crippen LogP contribution in [0.4, 0.5) is 10.2 Å². The lowest BCUT2D eigenvalue weighted by atomic mass is 10.1. The predicted molar refractivity (Wildman–Crippen MR) is 133 cm³/mol. The molecule has 0 bridgehead atoms. The first-order valence-corrected chi connectivity index (χ1v) is 12.4. The van der Waals surface area contributed by atoms with E-state index in [1.807, 2.05) is 24.0 Å². The molecule has 11 heteroatoms. The maximum absolute atomic E-state index is 14.1. The van der Waals surface area contributed by atoms with Crippen molar-refractivity contribution in [3.8, 4) is 0 Å². The quantitative estimate of drug-likeness (QED) is 0.293. The van der Waals surface area contributed by atoms with E-state index in [1.165, 1.54) is 23.9 Å². The Balaban J connectivity index is 1.35. The molecule has 8 nitrogen and oxygen atoms in total. The van der Waals surface area contributed by atoms with Gasteiger partial charge in [-0.3, -0.25) is 14.6 Å². The van der Waals surface area contributed by atoms with Gasteiger partial charge in [0.15, 0.2) is 5.16 Å². The first-order valence-electron chi connectivity index (χ1n) is 11.0. The SMILES string of the molecule is CC1CN(c2cc(Cl)nc(SCC(=O)NCc3ccncc3)n2)CCN1C(=O)c1ccccc1F. The van der Waals surface area contributed by atoms with Crippen LogP contribution in [0.15, 0.2) is 60.0 Å². The second-order valence-corrected chi connectivity index (χ2v) is 9.36. The summed E-state index contributed by atoms with van der Waals surface area (Å²) < 4.78 is 14.1. The number of halogens is 2. The van der Waals surface area contributed by atoms with Gasteiger partial charge in [0.25, 0.3) is 5.91 Å². The zero-order valence-electron chi connectivity index (χ0n) is 19.0. The summed E-state index contributed by atoms with van der Waals surface area (Å²) in [5, 5.41) is 3.51. The van der Waals surface area contributed by atoms with Gasteiger partial charge in [-0.1, -0.05) is 35.5 Å². The summed E-state index contributed by atoms with van der Waals surface area (Å²) in [6.07, 6.45) is 3.35. The molecule has 0 aliphatic carbocycles. The fourth-order valence-corrected chi connectivity index (χ4v) is 4.66. The Bertz CT molecular complexity index is 1200. The number of thioether (sulfide) groups is 1. The van der Waals surface area contributed by atoms with E-state index in [9.17, 15) is 14.0 Å². The minimum atomic E-state index is -0.527. The van der Waals surface area contributed by atoms with Gasteiger partial charge in [-0.2, -0.15) is 0 Å². The lowest BCUT2D eigenvalue weighted by molar-refractivity contribution is -0.118. The molecule has 182 valence electrons. The summed E-state index contributed by atoms with van der Waals surface area (Å²) in [6, 6.07) is 11.2. The van der Waals surface area contributed by atoms with Crippen LogP contribution in [0.1, 0.15) is 22.8 Å². The van der Waals surface area contributed by atoms with Crippen molar-refractivity contribution in [1.29, 1.82) is 0 Å². The van der Waals surface area contributed by atoms with Crippen LogP contribution in [0.25, 0.3) is 0 Å². The molecule has 3 heterocycles. The molecule has 1 aliphatic heterocycles. The lowest BCUT2D eigenvalue weighted by Gasteiger charge is -2.40. The molecule has 0 saturated carbocycles. The molecular weight excluding hydrogens is 491 g/mol. The van der Waals surface area contributed by atoms with Gasteiger partial charge in [-0.25, -0.2) is 14.4 Å². The standard InChI is InChI=1S/C24H24ClFN6O2S/c1-16-14-31(10-11-32(16)23(34)18-4-2-3-5-19(18)26)21-12-20(25)29-24(30-21)35-15-22(33)28-13-17-6-8-27-9-7-17/h2-9,12,16H,10-11,13-15H2,1H3,(H,28,33). The van der Waals surface area contributed by atoms with E-state index in [0.29, 0.717) is 37.2 Å². The van der Waals surface area contributed by atoms with E-state index in [1.54, 1.807) is 35.5 Å². The van der Waals surface area contributed by atoms with E-state index < -0.39 is 5.82 Å². The Morgan fingerprint density at radius 2 is 1.94 bits per heavy atom. The van der Waals surface area contributed by atoms with Gasteiger partial charge in [-0.15, -0.1) is 0 Å². The average molecular weight is 515 g/mol. The fraction of sp³-hybridized carbons (Fsp3) is 0.292. The zero-order valence-corrected chi connectivity index (χ0v) is 20.6. The number of rotatable bonds is 7. The Labute approximate surface area is 211 Å². The molecule has 1 atom stereocenters. The minimum Gasteiger partial charge on any atom is -0.353 e.